The zero-order chi connectivity index (χ0) is 34.9. The number of amides is 2. The molecular formula is C36H50N4O8. The first-order valence-electron chi connectivity index (χ1n) is 16.2. The van der Waals surface area contributed by atoms with Crippen molar-refractivity contribution < 1.29 is 38.4 Å². The summed E-state index contributed by atoms with van der Waals surface area (Å²) in [6, 6.07) is 21.6. The van der Waals surface area contributed by atoms with Crippen molar-refractivity contribution in [2.45, 2.75) is 52.7 Å². The first-order chi connectivity index (χ1) is 23.0. The zero-order valence-corrected chi connectivity index (χ0v) is 28.5. The molecule has 1 heterocycles. The number of alkyl carbamates (subject to hydrolysis) is 1. The number of aliphatic hydroxyl groups excluding tert-OH is 1. The number of para-hydroxylation sites is 3. The van der Waals surface area contributed by atoms with E-state index in [1.807, 2.05) is 88.4 Å². The monoisotopic (exact) mass is 666 g/mol. The van der Waals surface area contributed by atoms with Crippen molar-refractivity contribution in [3.8, 4) is 17.2 Å². The van der Waals surface area contributed by atoms with Gasteiger partial charge in [0.15, 0.2) is 11.5 Å². The summed E-state index contributed by atoms with van der Waals surface area (Å²) < 4.78 is 26.8. The van der Waals surface area contributed by atoms with Gasteiger partial charge in [0.2, 0.25) is 0 Å². The SMILES string of the molecule is CCCC(C)(COC(N)=O)COC(=O)NC(C)C.COc1ccccc1OCCNCC(O)COc1cccc2[nH]c3ccccc3c12. The van der Waals surface area contributed by atoms with E-state index in [4.69, 9.17) is 29.4 Å². The second-order valence-corrected chi connectivity index (χ2v) is 12.1. The van der Waals surface area contributed by atoms with Crippen molar-refractivity contribution in [1.29, 1.82) is 0 Å². The van der Waals surface area contributed by atoms with Gasteiger partial charge in [-0.1, -0.05) is 56.7 Å². The lowest BCUT2D eigenvalue weighted by molar-refractivity contribution is 0.0332. The van der Waals surface area contributed by atoms with Gasteiger partial charge in [0.1, 0.15) is 38.3 Å². The van der Waals surface area contributed by atoms with Crippen LogP contribution in [0, 0.1) is 5.41 Å². The Kier molecular flexibility index (Phi) is 15.1. The van der Waals surface area contributed by atoms with Crippen LogP contribution in [0.3, 0.4) is 0 Å². The topological polar surface area (TPSA) is 166 Å². The number of methoxy groups -OCH3 is 1. The van der Waals surface area contributed by atoms with Crippen molar-refractivity contribution in [3.05, 3.63) is 66.7 Å². The summed E-state index contributed by atoms with van der Waals surface area (Å²) in [7, 11) is 1.62. The van der Waals surface area contributed by atoms with E-state index in [9.17, 15) is 14.7 Å². The van der Waals surface area contributed by atoms with Gasteiger partial charge in [0, 0.05) is 40.8 Å². The minimum Gasteiger partial charge on any atom is -0.493 e. The number of benzene rings is 3. The molecule has 12 heteroatoms. The Morgan fingerprint density at radius 2 is 1.58 bits per heavy atom. The number of primary amides is 1. The average Bonchev–Trinajstić information content (AvgIpc) is 3.45. The largest absolute Gasteiger partial charge is 0.493 e. The van der Waals surface area contributed by atoms with E-state index in [2.05, 4.69) is 21.7 Å². The Hall–Kier alpha value is -4.68. The van der Waals surface area contributed by atoms with Gasteiger partial charge in [0.05, 0.1) is 12.6 Å². The fourth-order valence-corrected chi connectivity index (χ4v) is 5.03. The van der Waals surface area contributed by atoms with Gasteiger partial charge >= 0.3 is 12.2 Å². The molecule has 2 unspecified atom stereocenters. The Morgan fingerprint density at radius 3 is 2.29 bits per heavy atom. The molecule has 48 heavy (non-hydrogen) atoms. The standard InChI is InChI=1S/C24H26N2O4.C12H24N2O4/c1-28-21-10-4-5-11-22(21)29-14-13-25-15-17(27)16-30-23-12-6-9-20-24(23)18-7-2-3-8-19(18)26-20;1-5-6-12(4,7-17-10(13)15)8-18-11(16)14-9(2)3/h2-12,17,25-27H,13-16H2,1H3;9H,5-8H2,1-4H3,(H2,13,15)(H,14,16). The first kappa shape index (κ1) is 37.8. The van der Waals surface area contributed by atoms with Crippen molar-refractivity contribution >= 4 is 34.0 Å². The number of carbonyl (C=O) groups excluding carboxylic acids is 2. The molecule has 0 saturated carbocycles. The van der Waals surface area contributed by atoms with Gasteiger partial charge in [-0.15, -0.1) is 0 Å². The summed E-state index contributed by atoms with van der Waals surface area (Å²) in [4.78, 5) is 25.4. The van der Waals surface area contributed by atoms with Crippen LogP contribution in [-0.2, 0) is 9.47 Å². The number of hydrogen-bond acceptors (Lipinski definition) is 9. The van der Waals surface area contributed by atoms with Crippen LogP contribution in [0.25, 0.3) is 21.8 Å². The fourth-order valence-electron chi connectivity index (χ4n) is 5.03. The van der Waals surface area contributed by atoms with Crippen molar-refractivity contribution in [1.82, 2.24) is 15.6 Å². The number of aromatic amines is 1. The predicted molar refractivity (Wildman–Crippen MR) is 187 cm³/mol. The van der Waals surface area contributed by atoms with Crippen molar-refractivity contribution in [2.24, 2.45) is 11.1 Å². The molecule has 0 saturated heterocycles. The molecule has 0 fully saturated rings. The minimum absolute atomic E-state index is 0.0248. The molecule has 262 valence electrons. The van der Waals surface area contributed by atoms with Crippen LogP contribution in [0.2, 0.25) is 0 Å². The second kappa shape index (κ2) is 19.2. The number of rotatable bonds is 17. The maximum atomic E-state index is 11.4. The molecule has 12 nitrogen and oxygen atoms in total. The van der Waals surface area contributed by atoms with Gasteiger partial charge in [-0.3, -0.25) is 0 Å². The van der Waals surface area contributed by atoms with Gasteiger partial charge < -0.3 is 50.1 Å². The number of ether oxygens (including phenoxy) is 5. The van der Waals surface area contributed by atoms with Crippen molar-refractivity contribution in [3.63, 3.8) is 0 Å². The number of carbonyl (C=O) groups is 2. The molecule has 0 aliphatic carbocycles. The fraction of sp³-hybridized carbons (Fsp3) is 0.444. The summed E-state index contributed by atoms with van der Waals surface area (Å²) in [6.45, 7) is 9.63. The predicted octanol–water partition coefficient (Wildman–Crippen LogP) is 5.76. The highest BCUT2D eigenvalue weighted by Crippen LogP contribution is 2.33. The molecule has 6 N–H and O–H groups in total. The molecule has 0 bridgehead atoms. The quantitative estimate of drug-likeness (QED) is 0.0881. The number of H-pyrrole nitrogens is 1. The van der Waals surface area contributed by atoms with Crippen LogP contribution < -0.4 is 30.6 Å². The molecule has 2 amide bonds. The highest BCUT2D eigenvalue weighted by Gasteiger charge is 2.27. The molecule has 2 atom stereocenters. The number of aliphatic hydroxyl groups is 1. The molecule has 0 aliphatic rings. The molecule has 1 aromatic heterocycles. The number of fused-ring (bicyclic) bond motifs is 3. The lowest BCUT2D eigenvalue weighted by atomic mass is 9.87. The second-order valence-electron chi connectivity index (χ2n) is 12.1. The van der Waals surface area contributed by atoms with E-state index in [0.29, 0.717) is 31.2 Å². The summed E-state index contributed by atoms with van der Waals surface area (Å²) in [5.41, 5.74) is 6.62. The van der Waals surface area contributed by atoms with Crippen LogP contribution in [0.4, 0.5) is 9.59 Å². The van der Waals surface area contributed by atoms with Crippen molar-refractivity contribution in [2.75, 3.05) is 46.6 Å². The van der Waals surface area contributed by atoms with Gasteiger partial charge in [0.25, 0.3) is 0 Å². The Labute approximate surface area is 282 Å². The molecule has 0 spiro atoms. The third-order valence-corrected chi connectivity index (χ3v) is 7.28. The van der Waals surface area contributed by atoms with E-state index in [0.717, 1.165) is 40.4 Å². The third-order valence-electron chi connectivity index (χ3n) is 7.28. The number of nitrogens with one attached hydrogen (secondary N) is 3. The lowest BCUT2D eigenvalue weighted by Crippen LogP contribution is -2.37. The highest BCUT2D eigenvalue weighted by molar-refractivity contribution is 6.10. The summed E-state index contributed by atoms with van der Waals surface area (Å²) in [6.07, 6.45) is -0.240. The van der Waals surface area contributed by atoms with E-state index in [1.165, 1.54) is 0 Å². The smallest absolute Gasteiger partial charge is 0.407 e. The number of hydrogen-bond donors (Lipinski definition) is 5. The molecule has 0 radical (unpaired) electrons. The van der Waals surface area contributed by atoms with Gasteiger partial charge in [-0.05, 0) is 50.6 Å². The van der Waals surface area contributed by atoms with Crippen LogP contribution in [0.1, 0.15) is 40.5 Å². The summed E-state index contributed by atoms with van der Waals surface area (Å²) >= 11 is 0. The average molecular weight is 667 g/mol. The third kappa shape index (κ3) is 12.2. The van der Waals surface area contributed by atoms with Crippen LogP contribution in [-0.4, -0.2) is 81.0 Å². The highest BCUT2D eigenvalue weighted by atomic mass is 16.6. The van der Waals surface area contributed by atoms with E-state index < -0.39 is 23.7 Å². The van der Waals surface area contributed by atoms with E-state index >= 15 is 0 Å². The maximum Gasteiger partial charge on any atom is 0.407 e. The zero-order valence-electron chi connectivity index (χ0n) is 28.5. The summed E-state index contributed by atoms with van der Waals surface area (Å²) in [5.74, 6) is 2.18. The number of aromatic nitrogens is 1. The van der Waals surface area contributed by atoms with Crippen LogP contribution >= 0.6 is 0 Å². The first-order valence-corrected chi connectivity index (χ1v) is 16.2. The Bertz CT molecular complexity index is 1580. The summed E-state index contributed by atoms with van der Waals surface area (Å²) in [5, 5.41) is 18.3. The van der Waals surface area contributed by atoms with E-state index in [1.54, 1.807) is 7.11 Å². The Morgan fingerprint density at radius 1 is 0.917 bits per heavy atom. The van der Waals surface area contributed by atoms with Gasteiger partial charge in [-0.25, -0.2) is 9.59 Å². The van der Waals surface area contributed by atoms with E-state index in [-0.39, 0.29) is 25.9 Å². The van der Waals surface area contributed by atoms with Crippen LogP contribution in [0.15, 0.2) is 66.7 Å². The molecule has 3 aromatic carbocycles. The lowest BCUT2D eigenvalue weighted by Gasteiger charge is -2.27. The maximum absolute atomic E-state index is 11.4. The molecule has 4 aromatic rings. The van der Waals surface area contributed by atoms with Crippen LogP contribution in [0.5, 0.6) is 17.2 Å². The number of nitrogens with two attached hydrogens (primary N) is 1. The van der Waals surface area contributed by atoms with Gasteiger partial charge in [-0.2, -0.15) is 0 Å². The minimum atomic E-state index is -0.816. The Balaban J connectivity index is 0.000000300. The molecule has 4 rings (SSSR count). The molecule has 0 aliphatic heterocycles. The normalized spacial score (nSPS) is 12.8. The molecular weight excluding hydrogens is 616 g/mol.